The van der Waals surface area contributed by atoms with Crippen LogP contribution in [-0.2, 0) is 6.42 Å². The molecule has 0 nitrogen and oxygen atoms in total. The summed E-state index contributed by atoms with van der Waals surface area (Å²) in [6.45, 7) is 4.37. The molecule has 0 saturated heterocycles. The molecule has 0 spiro atoms. The lowest BCUT2D eigenvalue weighted by atomic mass is 9.96. The lowest BCUT2D eigenvalue weighted by molar-refractivity contribution is 1.12. The average Bonchev–Trinajstić information content (AvgIpc) is 2.25. The maximum absolute atomic E-state index is 2.19. The van der Waals surface area contributed by atoms with Crippen LogP contribution >= 0.6 is 0 Å². The second-order valence-corrected chi connectivity index (χ2v) is 4.03. The van der Waals surface area contributed by atoms with E-state index in [1.807, 2.05) is 0 Å². The first kappa shape index (κ1) is 9.97. The largest absolute Gasteiger partial charge is 0.0622 e. The van der Waals surface area contributed by atoms with E-state index in [4.69, 9.17) is 0 Å². The van der Waals surface area contributed by atoms with Gasteiger partial charge in [0.1, 0.15) is 0 Å². The minimum Gasteiger partial charge on any atom is -0.0622 e. The first-order chi connectivity index (χ1) is 7.27. The third-order valence-electron chi connectivity index (χ3n) is 2.87. The molecule has 0 unspecified atom stereocenters. The van der Waals surface area contributed by atoms with Crippen LogP contribution < -0.4 is 0 Å². The van der Waals surface area contributed by atoms with E-state index >= 15 is 0 Å². The summed E-state index contributed by atoms with van der Waals surface area (Å²) < 4.78 is 0. The van der Waals surface area contributed by atoms with Crippen LogP contribution in [0.3, 0.4) is 0 Å². The first-order valence-electron chi connectivity index (χ1n) is 5.36. The van der Waals surface area contributed by atoms with E-state index < -0.39 is 0 Å². The van der Waals surface area contributed by atoms with Gasteiger partial charge in [-0.05, 0) is 42.5 Å². The van der Waals surface area contributed by atoms with Gasteiger partial charge in [0.2, 0.25) is 0 Å². The summed E-state index contributed by atoms with van der Waals surface area (Å²) in [5.41, 5.74) is 5.62. The summed E-state index contributed by atoms with van der Waals surface area (Å²) in [4.78, 5) is 0. The highest BCUT2D eigenvalue weighted by Crippen LogP contribution is 2.17. The fourth-order valence-corrected chi connectivity index (χ4v) is 1.93. The molecule has 15 heavy (non-hydrogen) atoms. The van der Waals surface area contributed by atoms with Crippen molar-refractivity contribution in [3.63, 3.8) is 0 Å². The van der Waals surface area contributed by atoms with Crippen molar-refractivity contribution in [3.05, 3.63) is 70.8 Å². The van der Waals surface area contributed by atoms with Gasteiger partial charge in [0, 0.05) is 0 Å². The van der Waals surface area contributed by atoms with E-state index in [9.17, 15) is 0 Å². The van der Waals surface area contributed by atoms with Crippen LogP contribution in [-0.4, -0.2) is 0 Å². The molecule has 0 fully saturated rings. The van der Waals surface area contributed by atoms with Crippen LogP contribution in [0.1, 0.15) is 22.3 Å². The molecular weight excluding hydrogens is 180 g/mol. The molecule has 76 valence electrons. The molecule has 0 heteroatoms. The van der Waals surface area contributed by atoms with E-state index in [0.29, 0.717) is 0 Å². The van der Waals surface area contributed by atoms with E-state index in [0.717, 1.165) is 6.42 Å². The van der Waals surface area contributed by atoms with E-state index in [2.05, 4.69) is 62.4 Å². The molecule has 0 atom stereocenters. The number of rotatable bonds is 2. The van der Waals surface area contributed by atoms with Gasteiger partial charge >= 0.3 is 0 Å². The Hall–Kier alpha value is -1.56. The van der Waals surface area contributed by atoms with Crippen molar-refractivity contribution in [1.29, 1.82) is 0 Å². The molecule has 0 amide bonds. The zero-order chi connectivity index (χ0) is 10.7. The van der Waals surface area contributed by atoms with Crippen molar-refractivity contribution in [2.45, 2.75) is 20.3 Å². The van der Waals surface area contributed by atoms with Crippen LogP contribution in [0.25, 0.3) is 0 Å². The van der Waals surface area contributed by atoms with Crippen LogP contribution in [0.15, 0.2) is 48.5 Å². The van der Waals surface area contributed by atoms with Gasteiger partial charge in [-0.25, -0.2) is 0 Å². The Morgan fingerprint density at radius 3 is 1.93 bits per heavy atom. The highest BCUT2D eigenvalue weighted by Gasteiger charge is 2.02. The zero-order valence-electron chi connectivity index (χ0n) is 9.33. The SMILES string of the molecule is Cc1cccc(C)c1Cc1ccccc1. The third-order valence-corrected chi connectivity index (χ3v) is 2.87. The van der Waals surface area contributed by atoms with Crippen molar-refractivity contribution >= 4 is 0 Å². The van der Waals surface area contributed by atoms with Gasteiger partial charge in [-0.15, -0.1) is 0 Å². The van der Waals surface area contributed by atoms with Crippen molar-refractivity contribution in [1.82, 2.24) is 0 Å². The molecule has 0 aromatic heterocycles. The van der Waals surface area contributed by atoms with Crippen molar-refractivity contribution in [2.24, 2.45) is 0 Å². The fourth-order valence-electron chi connectivity index (χ4n) is 1.93. The number of benzene rings is 2. The van der Waals surface area contributed by atoms with Crippen LogP contribution in [0.2, 0.25) is 0 Å². The number of hydrogen-bond acceptors (Lipinski definition) is 0. The molecule has 0 radical (unpaired) electrons. The van der Waals surface area contributed by atoms with E-state index in [1.54, 1.807) is 0 Å². The Kier molecular flexibility index (Phi) is 2.86. The maximum Gasteiger partial charge on any atom is -0.00205 e. The minimum absolute atomic E-state index is 1.04. The smallest absolute Gasteiger partial charge is 0.00205 e. The lowest BCUT2D eigenvalue weighted by Gasteiger charge is -2.09. The summed E-state index contributed by atoms with van der Waals surface area (Å²) in [5, 5.41) is 0. The molecule has 0 heterocycles. The summed E-state index contributed by atoms with van der Waals surface area (Å²) >= 11 is 0. The summed E-state index contributed by atoms with van der Waals surface area (Å²) in [7, 11) is 0. The van der Waals surface area contributed by atoms with Crippen LogP contribution in [0, 0.1) is 13.8 Å². The zero-order valence-corrected chi connectivity index (χ0v) is 9.33. The molecule has 0 aliphatic heterocycles. The van der Waals surface area contributed by atoms with Crippen molar-refractivity contribution in [2.75, 3.05) is 0 Å². The quantitative estimate of drug-likeness (QED) is 0.683. The third kappa shape index (κ3) is 2.27. The molecule has 0 N–H and O–H groups in total. The standard InChI is InChI=1S/C15H16/c1-12-7-6-8-13(2)15(12)11-14-9-4-3-5-10-14/h3-10H,11H2,1-2H3. The molecule has 0 bridgehead atoms. The Bertz CT molecular complexity index is 421. The Labute approximate surface area is 91.6 Å². The molecule has 2 aromatic rings. The van der Waals surface area contributed by atoms with E-state index in [1.165, 1.54) is 22.3 Å². The molecule has 0 aliphatic carbocycles. The van der Waals surface area contributed by atoms with Crippen molar-refractivity contribution < 1.29 is 0 Å². The number of aryl methyl sites for hydroxylation is 2. The van der Waals surface area contributed by atoms with Gasteiger partial charge < -0.3 is 0 Å². The maximum atomic E-state index is 2.19. The lowest BCUT2D eigenvalue weighted by Crippen LogP contribution is -1.94. The predicted octanol–water partition coefficient (Wildman–Crippen LogP) is 3.89. The Morgan fingerprint density at radius 2 is 1.33 bits per heavy atom. The highest BCUT2D eigenvalue weighted by molar-refractivity contribution is 5.37. The second-order valence-electron chi connectivity index (χ2n) is 4.03. The summed E-state index contributed by atoms with van der Waals surface area (Å²) in [6.07, 6.45) is 1.04. The Morgan fingerprint density at radius 1 is 0.733 bits per heavy atom. The fraction of sp³-hybridized carbons (Fsp3) is 0.200. The van der Waals surface area contributed by atoms with Gasteiger partial charge in [-0.2, -0.15) is 0 Å². The second kappa shape index (κ2) is 4.31. The summed E-state index contributed by atoms with van der Waals surface area (Å²) in [5.74, 6) is 0. The highest BCUT2D eigenvalue weighted by atomic mass is 14.1. The normalized spacial score (nSPS) is 10.3. The van der Waals surface area contributed by atoms with Gasteiger partial charge in [0.25, 0.3) is 0 Å². The molecule has 2 rings (SSSR count). The van der Waals surface area contributed by atoms with E-state index in [-0.39, 0.29) is 0 Å². The molecular formula is C15H16. The molecule has 0 saturated carbocycles. The minimum atomic E-state index is 1.04. The number of hydrogen-bond donors (Lipinski definition) is 0. The Balaban J connectivity index is 2.32. The van der Waals surface area contributed by atoms with Gasteiger partial charge in [-0.3, -0.25) is 0 Å². The summed E-state index contributed by atoms with van der Waals surface area (Å²) in [6, 6.07) is 17.1. The first-order valence-corrected chi connectivity index (χ1v) is 5.36. The average molecular weight is 196 g/mol. The molecule has 2 aromatic carbocycles. The molecule has 0 aliphatic rings. The van der Waals surface area contributed by atoms with Crippen LogP contribution in [0.5, 0.6) is 0 Å². The monoisotopic (exact) mass is 196 g/mol. The van der Waals surface area contributed by atoms with Crippen molar-refractivity contribution in [3.8, 4) is 0 Å². The topological polar surface area (TPSA) is 0 Å². The van der Waals surface area contributed by atoms with Gasteiger partial charge in [0.15, 0.2) is 0 Å². The predicted molar refractivity (Wildman–Crippen MR) is 65.2 cm³/mol. The van der Waals surface area contributed by atoms with Crippen LogP contribution in [0.4, 0.5) is 0 Å². The van der Waals surface area contributed by atoms with Gasteiger partial charge in [-0.1, -0.05) is 48.5 Å². The van der Waals surface area contributed by atoms with Gasteiger partial charge in [0.05, 0.1) is 0 Å².